The third kappa shape index (κ3) is 3.38. The van der Waals surface area contributed by atoms with E-state index in [2.05, 4.69) is 15.9 Å². The predicted molar refractivity (Wildman–Crippen MR) is 66.8 cm³/mol. The van der Waals surface area contributed by atoms with E-state index < -0.39 is 0 Å². The quantitative estimate of drug-likeness (QED) is 0.458. The summed E-state index contributed by atoms with van der Waals surface area (Å²) in [5.41, 5.74) is 0.492. The number of aldehydes is 1. The first kappa shape index (κ1) is 12.8. The Balaban J connectivity index is 2.82. The number of allylic oxidation sites excluding steroid dienone is 1. The molecule has 0 fully saturated rings. The van der Waals surface area contributed by atoms with Gasteiger partial charge in [0.25, 0.3) is 0 Å². The monoisotopic (exact) mass is 284 g/mol. The molecule has 0 aliphatic rings. The van der Waals surface area contributed by atoms with Gasteiger partial charge in [0.15, 0.2) is 17.8 Å². The van der Waals surface area contributed by atoms with Gasteiger partial charge in [0.05, 0.1) is 12.7 Å². The molecule has 0 atom stereocenters. The summed E-state index contributed by atoms with van der Waals surface area (Å²) in [6.07, 6.45) is 4.55. The minimum absolute atomic E-state index is 0.410. The minimum Gasteiger partial charge on any atom is -0.493 e. The molecular weight excluding hydrogens is 272 g/mol. The Hall–Kier alpha value is -1.29. The number of carbonyl (C=O) groups excluding carboxylic acids is 1. The number of halogens is 1. The summed E-state index contributed by atoms with van der Waals surface area (Å²) >= 11 is 3.27. The van der Waals surface area contributed by atoms with Crippen LogP contribution in [0.1, 0.15) is 10.4 Å². The average Bonchev–Trinajstić information content (AvgIpc) is 2.34. The molecular formula is C12H13BrO3. The van der Waals surface area contributed by atoms with Crippen molar-refractivity contribution >= 4 is 22.2 Å². The van der Waals surface area contributed by atoms with Crippen molar-refractivity contribution in [1.29, 1.82) is 0 Å². The molecule has 0 N–H and O–H groups in total. The number of ether oxygens (including phenoxy) is 2. The molecule has 0 aliphatic carbocycles. The van der Waals surface area contributed by atoms with Crippen LogP contribution in [0, 0.1) is 0 Å². The van der Waals surface area contributed by atoms with Crippen molar-refractivity contribution in [3.05, 3.63) is 35.9 Å². The molecule has 4 heteroatoms. The molecule has 0 saturated heterocycles. The maximum absolute atomic E-state index is 10.8. The van der Waals surface area contributed by atoms with Crippen molar-refractivity contribution in [3.63, 3.8) is 0 Å². The molecule has 1 aromatic carbocycles. The van der Waals surface area contributed by atoms with Gasteiger partial charge in [-0.15, -0.1) is 0 Å². The van der Waals surface area contributed by atoms with Crippen molar-refractivity contribution in [2.45, 2.75) is 0 Å². The number of carbonyl (C=O) groups is 1. The van der Waals surface area contributed by atoms with E-state index >= 15 is 0 Å². The molecule has 0 radical (unpaired) electrons. The average molecular weight is 285 g/mol. The Labute approximate surface area is 103 Å². The van der Waals surface area contributed by atoms with Crippen LogP contribution in [0.4, 0.5) is 0 Å². The molecule has 16 heavy (non-hydrogen) atoms. The fourth-order valence-electron chi connectivity index (χ4n) is 1.20. The van der Waals surface area contributed by atoms with E-state index in [1.54, 1.807) is 25.3 Å². The molecule has 0 bridgehead atoms. The normalized spacial score (nSPS) is 10.4. The number of hydrogen-bond acceptors (Lipinski definition) is 3. The first-order valence-electron chi connectivity index (χ1n) is 4.79. The van der Waals surface area contributed by atoms with E-state index in [-0.39, 0.29) is 0 Å². The summed E-state index contributed by atoms with van der Waals surface area (Å²) in [5.74, 6) is 1.05. The summed E-state index contributed by atoms with van der Waals surface area (Å²) in [5, 5.41) is 0.781. The Kier molecular flexibility index (Phi) is 5.64. The summed E-state index contributed by atoms with van der Waals surface area (Å²) in [6, 6.07) is 5.21. The lowest BCUT2D eigenvalue weighted by molar-refractivity contribution is 0.111. The zero-order chi connectivity index (χ0) is 11.8. The topological polar surface area (TPSA) is 35.5 Å². The second kappa shape index (κ2) is 7.06. The largest absolute Gasteiger partial charge is 0.493 e. The molecule has 0 heterocycles. The Morgan fingerprint density at radius 1 is 1.38 bits per heavy atom. The van der Waals surface area contributed by atoms with Crippen LogP contribution >= 0.6 is 15.9 Å². The van der Waals surface area contributed by atoms with Crippen LogP contribution in [0.25, 0.3) is 0 Å². The molecule has 0 aromatic heterocycles. The van der Waals surface area contributed by atoms with Crippen LogP contribution < -0.4 is 9.47 Å². The third-order valence-electron chi connectivity index (χ3n) is 1.94. The van der Waals surface area contributed by atoms with Gasteiger partial charge in [-0.3, -0.25) is 4.79 Å². The highest BCUT2D eigenvalue weighted by molar-refractivity contribution is 9.09. The van der Waals surface area contributed by atoms with Crippen molar-refractivity contribution in [2.24, 2.45) is 0 Å². The summed E-state index contributed by atoms with van der Waals surface area (Å²) in [7, 11) is 1.55. The van der Waals surface area contributed by atoms with Gasteiger partial charge in [-0.05, 0) is 12.1 Å². The molecule has 0 amide bonds. The zero-order valence-corrected chi connectivity index (χ0v) is 10.6. The van der Waals surface area contributed by atoms with Gasteiger partial charge in [-0.2, -0.15) is 0 Å². The molecule has 0 aliphatic heterocycles. The number of rotatable bonds is 6. The fraction of sp³-hybridized carbons (Fsp3) is 0.250. The number of alkyl halides is 1. The first-order valence-corrected chi connectivity index (χ1v) is 5.91. The van der Waals surface area contributed by atoms with E-state index in [4.69, 9.17) is 9.47 Å². The molecule has 0 unspecified atom stereocenters. The van der Waals surface area contributed by atoms with Gasteiger partial charge < -0.3 is 9.47 Å². The lowest BCUT2D eigenvalue weighted by Crippen LogP contribution is -2.00. The molecule has 3 nitrogen and oxygen atoms in total. The lowest BCUT2D eigenvalue weighted by atomic mass is 10.2. The van der Waals surface area contributed by atoms with Crippen molar-refractivity contribution in [2.75, 3.05) is 19.0 Å². The highest BCUT2D eigenvalue weighted by Gasteiger charge is 2.08. The van der Waals surface area contributed by atoms with Crippen LogP contribution in [0.15, 0.2) is 30.4 Å². The number of methoxy groups -OCH3 is 1. The molecule has 86 valence electrons. The van der Waals surface area contributed by atoms with Crippen molar-refractivity contribution in [1.82, 2.24) is 0 Å². The van der Waals surface area contributed by atoms with E-state index in [0.29, 0.717) is 23.7 Å². The Morgan fingerprint density at radius 3 is 2.81 bits per heavy atom. The first-order chi connectivity index (χ1) is 7.83. The molecule has 0 spiro atoms. The van der Waals surface area contributed by atoms with E-state index in [1.165, 1.54) is 0 Å². The van der Waals surface area contributed by atoms with Gasteiger partial charge >= 0.3 is 0 Å². The number of benzene rings is 1. The molecule has 1 rings (SSSR count). The van der Waals surface area contributed by atoms with Crippen LogP contribution in [-0.4, -0.2) is 25.3 Å². The molecule has 0 saturated carbocycles. The van der Waals surface area contributed by atoms with Gasteiger partial charge in [0.1, 0.15) is 6.61 Å². The minimum atomic E-state index is 0.410. The van der Waals surface area contributed by atoms with Gasteiger partial charge in [0, 0.05) is 5.33 Å². The van der Waals surface area contributed by atoms with Gasteiger partial charge in [-0.25, -0.2) is 0 Å². The maximum atomic E-state index is 10.8. The third-order valence-corrected chi connectivity index (χ3v) is 2.31. The summed E-state index contributed by atoms with van der Waals surface area (Å²) < 4.78 is 10.6. The standard InChI is InChI=1S/C12H13BrO3/c1-15-11-6-4-5-10(9-14)12(11)16-8-3-2-7-13/h2-6,9H,7-8H2,1H3/b3-2+. The second-order valence-electron chi connectivity index (χ2n) is 2.93. The highest BCUT2D eigenvalue weighted by Crippen LogP contribution is 2.29. The Bertz CT molecular complexity index is 375. The maximum Gasteiger partial charge on any atom is 0.172 e. The second-order valence-corrected chi connectivity index (χ2v) is 3.58. The molecule has 1 aromatic rings. The van der Waals surface area contributed by atoms with Crippen LogP contribution in [0.5, 0.6) is 11.5 Å². The van der Waals surface area contributed by atoms with E-state index in [0.717, 1.165) is 11.6 Å². The number of hydrogen-bond donors (Lipinski definition) is 0. The SMILES string of the molecule is COc1cccc(C=O)c1OC/C=C/CBr. The number of para-hydroxylation sites is 1. The van der Waals surface area contributed by atoms with Crippen LogP contribution in [-0.2, 0) is 0 Å². The van der Waals surface area contributed by atoms with Gasteiger partial charge in [-0.1, -0.05) is 34.1 Å². The summed E-state index contributed by atoms with van der Waals surface area (Å²) in [6.45, 7) is 0.410. The predicted octanol–water partition coefficient (Wildman–Crippen LogP) is 2.84. The lowest BCUT2D eigenvalue weighted by Gasteiger charge is -2.10. The van der Waals surface area contributed by atoms with Gasteiger partial charge in [0.2, 0.25) is 0 Å². The smallest absolute Gasteiger partial charge is 0.172 e. The van der Waals surface area contributed by atoms with Crippen LogP contribution in [0.3, 0.4) is 0 Å². The van der Waals surface area contributed by atoms with Crippen molar-refractivity contribution in [3.8, 4) is 11.5 Å². The van der Waals surface area contributed by atoms with Crippen molar-refractivity contribution < 1.29 is 14.3 Å². The summed E-state index contributed by atoms with van der Waals surface area (Å²) in [4.78, 5) is 10.8. The van der Waals surface area contributed by atoms with E-state index in [1.807, 2.05) is 12.2 Å². The Morgan fingerprint density at radius 2 is 2.19 bits per heavy atom. The van der Waals surface area contributed by atoms with Crippen LogP contribution in [0.2, 0.25) is 0 Å². The highest BCUT2D eigenvalue weighted by atomic mass is 79.9. The fourth-order valence-corrected chi connectivity index (χ4v) is 1.47. The zero-order valence-electron chi connectivity index (χ0n) is 8.98. The van der Waals surface area contributed by atoms with E-state index in [9.17, 15) is 4.79 Å².